The number of rotatable bonds is 3. The largest absolute Gasteiger partial charge is 0.495 e. The lowest BCUT2D eigenvalue weighted by Gasteiger charge is -2.30. The second-order valence-electron chi connectivity index (χ2n) is 4.54. The molecule has 1 saturated heterocycles. The second-order valence-corrected chi connectivity index (χ2v) is 6.43. The molecule has 1 heterocycles. The zero-order valence-corrected chi connectivity index (χ0v) is 12.3. The normalized spacial score (nSPS) is 20.2. The van der Waals surface area contributed by atoms with E-state index in [4.69, 9.17) is 10.5 Å². The van der Waals surface area contributed by atoms with Gasteiger partial charge >= 0.3 is 0 Å². The third kappa shape index (κ3) is 2.69. The number of methoxy groups -OCH3 is 1. The van der Waals surface area contributed by atoms with Gasteiger partial charge in [-0.05, 0) is 19.1 Å². The van der Waals surface area contributed by atoms with Crippen LogP contribution in [0.5, 0.6) is 5.75 Å². The van der Waals surface area contributed by atoms with Crippen LogP contribution < -0.4 is 15.8 Å². The molecule has 1 atom stereocenters. The van der Waals surface area contributed by atoms with Crippen LogP contribution in [-0.2, 0) is 19.6 Å². The van der Waals surface area contributed by atoms with E-state index >= 15 is 0 Å². The Hall–Kier alpha value is -2.13. The fraction of sp³-hybridized carbons (Fsp3) is 0.333. The van der Waals surface area contributed by atoms with Crippen LogP contribution in [0.25, 0.3) is 0 Å². The molecule has 1 aliphatic heterocycles. The molecule has 1 aromatic carbocycles. The average molecular weight is 313 g/mol. The SMILES string of the molecule is COc1cc(S(=O)(=O)N2CC(=O)NC(=O)C2C)ccc1N. The summed E-state index contributed by atoms with van der Waals surface area (Å²) in [5.41, 5.74) is 5.93. The molecule has 2 amide bonds. The number of nitrogens with two attached hydrogens (primary N) is 1. The average Bonchev–Trinajstić information content (AvgIpc) is 2.42. The van der Waals surface area contributed by atoms with Crippen LogP contribution in [0.4, 0.5) is 5.69 Å². The Balaban J connectivity index is 2.46. The summed E-state index contributed by atoms with van der Waals surface area (Å²) in [6.07, 6.45) is 0. The van der Waals surface area contributed by atoms with Crippen LogP contribution in [0.15, 0.2) is 23.1 Å². The number of nitrogens with zero attached hydrogens (tertiary/aromatic N) is 1. The van der Waals surface area contributed by atoms with Crippen molar-refractivity contribution in [1.29, 1.82) is 0 Å². The predicted octanol–water partition coefficient (Wildman–Crippen LogP) is -0.687. The van der Waals surface area contributed by atoms with Gasteiger partial charge in [-0.25, -0.2) is 8.42 Å². The first-order valence-electron chi connectivity index (χ1n) is 6.06. The number of carbonyl (C=O) groups is 2. The van der Waals surface area contributed by atoms with E-state index < -0.39 is 34.4 Å². The second kappa shape index (κ2) is 5.34. The molecule has 0 saturated carbocycles. The molecule has 0 radical (unpaired) electrons. The van der Waals surface area contributed by atoms with E-state index in [1.165, 1.54) is 32.2 Å². The maximum absolute atomic E-state index is 12.6. The van der Waals surface area contributed by atoms with Crippen LogP contribution in [0.1, 0.15) is 6.92 Å². The molecule has 114 valence electrons. The number of nitrogen functional groups attached to an aromatic ring is 1. The fourth-order valence-corrected chi connectivity index (χ4v) is 3.54. The third-order valence-corrected chi connectivity index (χ3v) is 5.10. The summed E-state index contributed by atoms with van der Waals surface area (Å²) >= 11 is 0. The molecule has 9 heteroatoms. The maximum atomic E-state index is 12.6. The van der Waals surface area contributed by atoms with Crippen molar-refractivity contribution in [3.8, 4) is 5.75 Å². The zero-order valence-electron chi connectivity index (χ0n) is 11.5. The van der Waals surface area contributed by atoms with E-state index in [2.05, 4.69) is 5.32 Å². The van der Waals surface area contributed by atoms with E-state index in [-0.39, 0.29) is 16.3 Å². The highest BCUT2D eigenvalue weighted by atomic mass is 32.2. The first kappa shape index (κ1) is 15.3. The van der Waals surface area contributed by atoms with Crippen molar-refractivity contribution in [2.45, 2.75) is 17.9 Å². The zero-order chi connectivity index (χ0) is 15.8. The van der Waals surface area contributed by atoms with E-state index in [9.17, 15) is 18.0 Å². The molecule has 0 bridgehead atoms. The molecule has 8 nitrogen and oxygen atoms in total. The van der Waals surface area contributed by atoms with Gasteiger partial charge in [-0.15, -0.1) is 0 Å². The summed E-state index contributed by atoms with van der Waals surface area (Å²) in [6.45, 7) is 0.996. The number of sulfonamides is 1. The molecule has 21 heavy (non-hydrogen) atoms. The smallest absolute Gasteiger partial charge is 0.244 e. The molecular formula is C12H15N3O5S. The van der Waals surface area contributed by atoms with Crippen molar-refractivity contribution >= 4 is 27.5 Å². The van der Waals surface area contributed by atoms with Gasteiger partial charge in [0, 0.05) is 6.07 Å². The maximum Gasteiger partial charge on any atom is 0.244 e. The van der Waals surface area contributed by atoms with Crippen LogP contribution in [0.3, 0.4) is 0 Å². The summed E-state index contributed by atoms with van der Waals surface area (Å²) in [6, 6.07) is 2.98. The molecule has 1 aliphatic rings. The lowest BCUT2D eigenvalue weighted by Crippen LogP contribution is -2.58. The number of nitrogens with one attached hydrogen (secondary N) is 1. The van der Waals surface area contributed by atoms with Crippen molar-refractivity contribution in [2.24, 2.45) is 0 Å². The Bertz CT molecular complexity index is 701. The first-order chi connectivity index (χ1) is 9.77. The minimum atomic E-state index is -4.01. The highest BCUT2D eigenvalue weighted by molar-refractivity contribution is 7.89. The number of piperazine rings is 1. The van der Waals surface area contributed by atoms with E-state index in [0.717, 1.165) is 4.31 Å². The minimum Gasteiger partial charge on any atom is -0.495 e. The van der Waals surface area contributed by atoms with Crippen molar-refractivity contribution in [1.82, 2.24) is 9.62 Å². The van der Waals surface area contributed by atoms with Gasteiger partial charge in [-0.1, -0.05) is 0 Å². The van der Waals surface area contributed by atoms with Gasteiger partial charge in [-0.3, -0.25) is 14.9 Å². The quantitative estimate of drug-likeness (QED) is 0.563. The monoisotopic (exact) mass is 313 g/mol. The van der Waals surface area contributed by atoms with Crippen molar-refractivity contribution in [3.63, 3.8) is 0 Å². The van der Waals surface area contributed by atoms with E-state index in [0.29, 0.717) is 0 Å². The molecular weight excluding hydrogens is 298 g/mol. The minimum absolute atomic E-state index is 0.0945. The highest BCUT2D eigenvalue weighted by Gasteiger charge is 2.39. The number of benzene rings is 1. The lowest BCUT2D eigenvalue weighted by atomic mass is 10.2. The molecule has 1 unspecified atom stereocenters. The van der Waals surface area contributed by atoms with E-state index in [1.807, 2.05) is 0 Å². The fourth-order valence-electron chi connectivity index (χ4n) is 1.97. The Morgan fingerprint density at radius 1 is 1.38 bits per heavy atom. The number of carbonyl (C=O) groups excluding carboxylic acids is 2. The topological polar surface area (TPSA) is 119 Å². The number of amides is 2. The Kier molecular flexibility index (Phi) is 3.88. The number of imide groups is 1. The number of hydrogen-bond donors (Lipinski definition) is 2. The molecule has 0 aliphatic carbocycles. The number of anilines is 1. The molecule has 0 aromatic heterocycles. The van der Waals surface area contributed by atoms with Gasteiger partial charge in [-0.2, -0.15) is 4.31 Å². The number of hydrogen-bond acceptors (Lipinski definition) is 6. The lowest BCUT2D eigenvalue weighted by molar-refractivity contribution is -0.136. The predicted molar refractivity (Wildman–Crippen MR) is 73.9 cm³/mol. The highest BCUT2D eigenvalue weighted by Crippen LogP contribution is 2.27. The van der Waals surface area contributed by atoms with Crippen LogP contribution >= 0.6 is 0 Å². The summed E-state index contributed by atoms with van der Waals surface area (Å²) in [4.78, 5) is 22.9. The Labute approximate surface area is 121 Å². The molecule has 0 spiro atoms. The molecule has 3 N–H and O–H groups in total. The molecule has 2 rings (SSSR count). The van der Waals surface area contributed by atoms with Gasteiger partial charge in [0.15, 0.2) is 0 Å². The third-order valence-electron chi connectivity index (χ3n) is 3.19. The molecule has 1 aromatic rings. The van der Waals surface area contributed by atoms with Gasteiger partial charge in [0.05, 0.1) is 24.2 Å². The standard InChI is InChI=1S/C12H15N3O5S/c1-7-12(17)14-11(16)6-15(7)21(18,19)8-3-4-9(13)10(5-8)20-2/h3-5,7H,6,13H2,1-2H3,(H,14,16,17). The Morgan fingerprint density at radius 2 is 2.05 bits per heavy atom. The summed E-state index contributed by atoms with van der Waals surface area (Å²) in [7, 11) is -2.65. The molecule has 1 fully saturated rings. The van der Waals surface area contributed by atoms with Crippen LogP contribution in [-0.4, -0.2) is 44.2 Å². The van der Waals surface area contributed by atoms with Gasteiger partial charge in [0.25, 0.3) is 0 Å². The van der Waals surface area contributed by atoms with Crippen molar-refractivity contribution in [2.75, 3.05) is 19.4 Å². The van der Waals surface area contributed by atoms with Gasteiger partial charge < -0.3 is 10.5 Å². The van der Waals surface area contributed by atoms with E-state index in [1.54, 1.807) is 0 Å². The van der Waals surface area contributed by atoms with Crippen molar-refractivity contribution in [3.05, 3.63) is 18.2 Å². The van der Waals surface area contributed by atoms with Crippen LogP contribution in [0.2, 0.25) is 0 Å². The summed E-state index contributed by atoms with van der Waals surface area (Å²) in [5, 5.41) is 2.09. The van der Waals surface area contributed by atoms with Gasteiger partial charge in [0.1, 0.15) is 11.8 Å². The summed E-state index contributed by atoms with van der Waals surface area (Å²) < 4.78 is 31.0. The van der Waals surface area contributed by atoms with Gasteiger partial charge in [0.2, 0.25) is 21.8 Å². The van der Waals surface area contributed by atoms with Crippen molar-refractivity contribution < 1.29 is 22.7 Å². The Morgan fingerprint density at radius 3 is 2.67 bits per heavy atom. The summed E-state index contributed by atoms with van der Waals surface area (Å²) in [5.74, 6) is -1.11. The first-order valence-corrected chi connectivity index (χ1v) is 7.50. The van der Waals surface area contributed by atoms with Crippen LogP contribution in [0, 0.1) is 0 Å². The number of ether oxygens (including phenoxy) is 1.